The van der Waals surface area contributed by atoms with Crippen LogP contribution in [-0.2, 0) is 29.8 Å². The average Bonchev–Trinajstić information content (AvgIpc) is 1.74. The van der Waals surface area contributed by atoms with Crippen LogP contribution in [0.3, 0.4) is 0 Å². The lowest BCUT2D eigenvalue weighted by Crippen LogP contribution is -2.39. The fourth-order valence-electron chi connectivity index (χ4n) is 0.858. The molecule has 0 aromatic heterocycles. The molecule has 10 heteroatoms. The molecule has 0 aliphatic carbocycles. The van der Waals surface area contributed by atoms with Crippen LogP contribution in [0.25, 0.3) is 0 Å². The van der Waals surface area contributed by atoms with Crippen LogP contribution in [0.2, 0.25) is 0 Å². The van der Waals surface area contributed by atoms with Gasteiger partial charge in [-0.2, -0.15) is 16.8 Å². The molecule has 1 atom stereocenters. The number of ketones is 2. The van der Waals surface area contributed by atoms with Gasteiger partial charge in [0.1, 0.15) is 5.75 Å². The Balaban J connectivity index is 5.17. The third kappa shape index (κ3) is 4.97. The zero-order valence-electron chi connectivity index (χ0n) is 7.44. The quantitative estimate of drug-likeness (QED) is 0.439. The predicted molar refractivity (Wildman–Crippen MR) is 47.4 cm³/mol. The number of carbonyl (C=O) groups is 2. The maximum absolute atomic E-state index is 10.9. The van der Waals surface area contributed by atoms with E-state index in [4.69, 9.17) is 9.11 Å². The number of rotatable bonds is 5. The first-order valence-corrected chi connectivity index (χ1v) is 6.51. The van der Waals surface area contributed by atoms with Crippen molar-refractivity contribution < 1.29 is 35.5 Å². The Hall–Kier alpha value is -0.840. The van der Waals surface area contributed by atoms with Gasteiger partial charge in [-0.05, 0) is 6.92 Å². The molecule has 0 aliphatic rings. The van der Waals surface area contributed by atoms with Crippen LogP contribution in [0, 0.1) is 0 Å². The summed E-state index contributed by atoms with van der Waals surface area (Å²) in [4.78, 5) is 21.6. The minimum Gasteiger partial charge on any atom is -0.298 e. The molecular weight excluding hydrogens is 252 g/mol. The van der Waals surface area contributed by atoms with Gasteiger partial charge in [-0.3, -0.25) is 18.7 Å². The molecule has 0 amide bonds. The first-order chi connectivity index (χ1) is 6.45. The summed E-state index contributed by atoms with van der Waals surface area (Å²) < 4.78 is 58.3. The molecular formula is C5H8O8S2. The zero-order valence-corrected chi connectivity index (χ0v) is 9.08. The monoisotopic (exact) mass is 260 g/mol. The average molecular weight is 260 g/mol. The van der Waals surface area contributed by atoms with Crippen molar-refractivity contribution in [1.29, 1.82) is 0 Å². The molecule has 0 bridgehead atoms. The van der Waals surface area contributed by atoms with E-state index in [2.05, 4.69) is 0 Å². The topological polar surface area (TPSA) is 143 Å². The molecule has 0 aliphatic heterocycles. The third-order valence-electron chi connectivity index (χ3n) is 1.28. The minimum atomic E-state index is -5.01. The molecule has 0 fully saturated rings. The SMILES string of the molecule is CC(=O)C(C(=O)CS(=O)(=O)O)S(=O)(=O)O. The van der Waals surface area contributed by atoms with Crippen molar-refractivity contribution in [2.24, 2.45) is 0 Å². The van der Waals surface area contributed by atoms with Crippen LogP contribution in [0.5, 0.6) is 0 Å². The van der Waals surface area contributed by atoms with E-state index in [-0.39, 0.29) is 0 Å². The summed E-state index contributed by atoms with van der Waals surface area (Å²) in [6, 6.07) is 0. The number of hydrogen-bond donors (Lipinski definition) is 2. The van der Waals surface area contributed by atoms with Gasteiger partial charge in [0, 0.05) is 0 Å². The molecule has 0 rings (SSSR count). The Morgan fingerprint density at radius 1 is 1.13 bits per heavy atom. The summed E-state index contributed by atoms with van der Waals surface area (Å²) in [5.74, 6) is -4.38. The number of hydrogen-bond acceptors (Lipinski definition) is 6. The van der Waals surface area contributed by atoms with Crippen molar-refractivity contribution in [3.8, 4) is 0 Å². The second-order valence-corrected chi connectivity index (χ2v) is 5.65. The standard InChI is InChI=1S/C5H8O8S2/c1-3(6)5(15(11,12)13)4(7)2-14(8,9)10/h5H,2H2,1H3,(H,8,9,10)(H,11,12,13). The van der Waals surface area contributed by atoms with E-state index < -0.39 is 42.8 Å². The maximum Gasteiger partial charge on any atom is 0.282 e. The van der Waals surface area contributed by atoms with Crippen LogP contribution in [0.1, 0.15) is 6.92 Å². The van der Waals surface area contributed by atoms with Gasteiger partial charge in [0.15, 0.2) is 11.6 Å². The highest BCUT2D eigenvalue weighted by molar-refractivity contribution is 7.89. The van der Waals surface area contributed by atoms with E-state index in [9.17, 15) is 26.4 Å². The van der Waals surface area contributed by atoms with Crippen LogP contribution in [-0.4, -0.2) is 48.5 Å². The Bertz CT molecular complexity index is 469. The molecule has 1 unspecified atom stereocenters. The zero-order chi connectivity index (χ0) is 12.4. The lowest BCUT2D eigenvalue weighted by atomic mass is 10.2. The molecule has 0 saturated carbocycles. The Labute approximate surface area is 85.8 Å². The van der Waals surface area contributed by atoms with Gasteiger partial charge in [-0.25, -0.2) is 0 Å². The van der Waals surface area contributed by atoms with Gasteiger partial charge in [0.2, 0.25) is 5.25 Å². The Morgan fingerprint density at radius 2 is 1.53 bits per heavy atom. The van der Waals surface area contributed by atoms with Crippen molar-refractivity contribution in [2.75, 3.05) is 5.75 Å². The predicted octanol–water partition coefficient (Wildman–Crippen LogP) is -1.71. The van der Waals surface area contributed by atoms with Crippen LogP contribution in [0.15, 0.2) is 0 Å². The summed E-state index contributed by atoms with van der Waals surface area (Å²) in [7, 11) is -9.75. The van der Waals surface area contributed by atoms with Crippen molar-refractivity contribution in [2.45, 2.75) is 12.2 Å². The smallest absolute Gasteiger partial charge is 0.282 e. The number of carbonyl (C=O) groups excluding carboxylic acids is 2. The van der Waals surface area contributed by atoms with Crippen LogP contribution in [0.4, 0.5) is 0 Å². The summed E-state index contributed by atoms with van der Waals surface area (Å²) in [6.07, 6.45) is 0. The molecule has 0 aromatic rings. The van der Waals surface area contributed by atoms with Gasteiger partial charge in [0.25, 0.3) is 20.2 Å². The largest absolute Gasteiger partial charge is 0.298 e. The normalized spacial score (nSPS) is 14.6. The Morgan fingerprint density at radius 3 is 1.73 bits per heavy atom. The summed E-state index contributed by atoms with van der Waals surface area (Å²) in [6.45, 7) is 0.695. The van der Waals surface area contributed by atoms with Gasteiger partial charge >= 0.3 is 0 Å². The van der Waals surface area contributed by atoms with Gasteiger partial charge in [-0.1, -0.05) is 0 Å². The molecule has 15 heavy (non-hydrogen) atoms. The molecule has 0 radical (unpaired) electrons. The second-order valence-electron chi connectivity index (χ2n) is 2.70. The van der Waals surface area contributed by atoms with Crippen molar-refractivity contribution in [3.05, 3.63) is 0 Å². The molecule has 0 aromatic carbocycles. The molecule has 8 nitrogen and oxygen atoms in total. The van der Waals surface area contributed by atoms with Gasteiger partial charge in [-0.15, -0.1) is 0 Å². The van der Waals surface area contributed by atoms with E-state index in [0.29, 0.717) is 6.92 Å². The molecule has 2 N–H and O–H groups in total. The lowest BCUT2D eigenvalue weighted by molar-refractivity contribution is -0.124. The molecule has 0 heterocycles. The van der Waals surface area contributed by atoms with Gasteiger partial charge in [0.05, 0.1) is 0 Å². The fourth-order valence-corrected chi connectivity index (χ4v) is 2.32. The third-order valence-corrected chi connectivity index (χ3v) is 3.12. The van der Waals surface area contributed by atoms with Crippen molar-refractivity contribution >= 4 is 31.8 Å². The minimum absolute atomic E-state index is 0.695. The van der Waals surface area contributed by atoms with E-state index in [1.807, 2.05) is 0 Å². The summed E-state index contributed by atoms with van der Waals surface area (Å²) in [5, 5.41) is -2.47. The van der Waals surface area contributed by atoms with E-state index in [1.165, 1.54) is 0 Å². The highest BCUT2D eigenvalue weighted by Gasteiger charge is 2.37. The second kappa shape index (κ2) is 4.35. The molecule has 0 spiro atoms. The summed E-state index contributed by atoms with van der Waals surface area (Å²) >= 11 is 0. The lowest BCUT2D eigenvalue weighted by Gasteiger charge is -2.07. The van der Waals surface area contributed by atoms with Crippen molar-refractivity contribution in [3.63, 3.8) is 0 Å². The fraction of sp³-hybridized carbons (Fsp3) is 0.600. The van der Waals surface area contributed by atoms with Crippen molar-refractivity contribution in [1.82, 2.24) is 0 Å². The Kier molecular flexibility index (Phi) is 4.10. The van der Waals surface area contributed by atoms with E-state index >= 15 is 0 Å². The molecule has 0 saturated heterocycles. The van der Waals surface area contributed by atoms with Crippen LogP contribution >= 0.6 is 0 Å². The number of Topliss-reactive ketones (excluding diaryl/α,β-unsaturated/α-hetero) is 2. The summed E-state index contributed by atoms with van der Waals surface area (Å²) in [5.41, 5.74) is 0. The van der Waals surface area contributed by atoms with Crippen LogP contribution < -0.4 is 0 Å². The van der Waals surface area contributed by atoms with E-state index in [1.54, 1.807) is 0 Å². The maximum atomic E-state index is 10.9. The first-order valence-electron chi connectivity index (χ1n) is 3.40. The highest BCUT2D eigenvalue weighted by atomic mass is 32.2. The highest BCUT2D eigenvalue weighted by Crippen LogP contribution is 2.04. The molecule has 88 valence electrons. The van der Waals surface area contributed by atoms with E-state index in [0.717, 1.165) is 0 Å². The van der Waals surface area contributed by atoms with Gasteiger partial charge < -0.3 is 0 Å². The first kappa shape index (κ1) is 14.2.